The minimum absolute atomic E-state index is 0.0352. The van der Waals surface area contributed by atoms with Gasteiger partial charge < -0.3 is 34.6 Å². The van der Waals surface area contributed by atoms with Crippen molar-refractivity contribution in [3.05, 3.63) is 0 Å². The number of aliphatic hydroxyl groups excluding tert-OH is 4. The van der Waals surface area contributed by atoms with E-state index in [1.165, 1.54) is 0 Å². The second-order valence-electron chi connectivity index (χ2n) is 5.54. The summed E-state index contributed by atoms with van der Waals surface area (Å²) >= 11 is 0. The zero-order valence-corrected chi connectivity index (χ0v) is 11.4. The molecule has 0 aromatic carbocycles. The Hall–Kier alpha value is -0.280. The van der Waals surface area contributed by atoms with Crippen LogP contribution in [0, 0.1) is 5.92 Å². The maximum atomic E-state index is 10.0. The van der Waals surface area contributed by atoms with E-state index in [1.54, 1.807) is 0 Å². The Labute approximate surface area is 118 Å². The van der Waals surface area contributed by atoms with Gasteiger partial charge in [-0.15, -0.1) is 0 Å². The highest BCUT2D eigenvalue weighted by molar-refractivity contribution is 4.83. The minimum Gasteiger partial charge on any atom is -0.394 e. The van der Waals surface area contributed by atoms with Gasteiger partial charge in [-0.1, -0.05) is 0 Å². The van der Waals surface area contributed by atoms with E-state index in [0.717, 1.165) is 12.8 Å². The highest BCUT2D eigenvalue weighted by Gasteiger charge is 2.34. The third kappa shape index (κ3) is 5.25. The van der Waals surface area contributed by atoms with Crippen molar-refractivity contribution in [1.82, 2.24) is 0 Å². The molecule has 0 aromatic rings. The summed E-state index contributed by atoms with van der Waals surface area (Å²) in [6.07, 6.45) is -2.60. The summed E-state index contributed by atoms with van der Waals surface area (Å²) in [6.45, 7) is 1.08. The average Bonchev–Trinajstić information content (AvgIpc) is 3.33. The summed E-state index contributed by atoms with van der Waals surface area (Å²) in [5.41, 5.74) is 0. The fourth-order valence-electron chi connectivity index (χ4n) is 1.83. The van der Waals surface area contributed by atoms with Gasteiger partial charge in [0, 0.05) is 6.61 Å². The Morgan fingerprint density at radius 2 is 1.80 bits per heavy atom. The minimum atomic E-state index is -1.48. The molecule has 0 amide bonds. The van der Waals surface area contributed by atoms with Gasteiger partial charge in [0.2, 0.25) is 0 Å². The molecular weight excluding hydrogens is 268 g/mol. The monoisotopic (exact) mass is 292 g/mol. The van der Waals surface area contributed by atoms with Gasteiger partial charge in [-0.3, -0.25) is 0 Å². The molecule has 7 heteroatoms. The summed E-state index contributed by atoms with van der Waals surface area (Å²) in [5.74, 6) is 0.590. The fraction of sp³-hybridized carbons (Fsp3) is 1.00. The van der Waals surface area contributed by atoms with Crippen LogP contribution in [-0.4, -0.2) is 84.0 Å². The third-order valence-corrected chi connectivity index (χ3v) is 3.54. The summed E-state index contributed by atoms with van der Waals surface area (Å²) in [7, 11) is 0. The predicted molar refractivity (Wildman–Crippen MR) is 68.1 cm³/mol. The van der Waals surface area contributed by atoms with Crippen LogP contribution in [0.2, 0.25) is 0 Å². The second kappa shape index (κ2) is 7.65. The number of hydrogen-bond acceptors (Lipinski definition) is 7. The number of aliphatic hydroxyl groups is 4. The first kappa shape index (κ1) is 16.1. The van der Waals surface area contributed by atoms with Crippen molar-refractivity contribution in [3.63, 3.8) is 0 Å². The first-order valence-corrected chi connectivity index (χ1v) is 7.07. The van der Waals surface area contributed by atoms with Gasteiger partial charge in [-0.25, -0.2) is 0 Å². The van der Waals surface area contributed by atoms with Crippen molar-refractivity contribution in [2.45, 2.75) is 43.4 Å². The van der Waals surface area contributed by atoms with Crippen molar-refractivity contribution in [3.8, 4) is 0 Å². The molecule has 5 unspecified atom stereocenters. The topological polar surface area (TPSA) is 112 Å². The van der Waals surface area contributed by atoms with E-state index < -0.39 is 31.0 Å². The fourth-order valence-corrected chi connectivity index (χ4v) is 1.83. The Kier molecular flexibility index (Phi) is 6.16. The average molecular weight is 292 g/mol. The molecule has 7 nitrogen and oxygen atoms in total. The SMILES string of the molecule is OCC(O)C(O)C(O)C(COCC1CC1)OCC1CO1. The number of ether oxygens (including phenoxy) is 3. The van der Waals surface area contributed by atoms with Crippen LogP contribution in [0.25, 0.3) is 0 Å². The molecule has 1 aliphatic heterocycles. The van der Waals surface area contributed by atoms with Gasteiger partial charge >= 0.3 is 0 Å². The van der Waals surface area contributed by atoms with Gasteiger partial charge in [-0.2, -0.15) is 0 Å². The lowest BCUT2D eigenvalue weighted by Crippen LogP contribution is -2.48. The van der Waals surface area contributed by atoms with Crippen LogP contribution in [0.4, 0.5) is 0 Å². The predicted octanol–water partition coefficient (Wildman–Crippen LogP) is -1.73. The standard InChI is InChI=1S/C13H24O7/c14-3-10(15)12(16)13(17)11(20-6-9-5-19-9)7-18-4-8-1-2-8/h8-17H,1-7H2. The van der Waals surface area contributed by atoms with E-state index in [-0.39, 0.29) is 12.7 Å². The van der Waals surface area contributed by atoms with Crippen LogP contribution in [0.15, 0.2) is 0 Å². The number of epoxide rings is 1. The first-order valence-electron chi connectivity index (χ1n) is 7.07. The molecule has 0 radical (unpaired) electrons. The zero-order chi connectivity index (χ0) is 14.5. The van der Waals surface area contributed by atoms with E-state index in [9.17, 15) is 15.3 Å². The molecule has 0 bridgehead atoms. The molecule has 2 rings (SSSR count). The van der Waals surface area contributed by atoms with E-state index >= 15 is 0 Å². The van der Waals surface area contributed by atoms with Crippen LogP contribution >= 0.6 is 0 Å². The molecule has 2 fully saturated rings. The summed E-state index contributed by atoms with van der Waals surface area (Å²) in [6, 6.07) is 0. The van der Waals surface area contributed by atoms with E-state index in [2.05, 4.69) is 0 Å². The molecule has 1 heterocycles. The lowest BCUT2D eigenvalue weighted by atomic mass is 10.0. The number of hydrogen-bond donors (Lipinski definition) is 4. The van der Waals surface area contributed by atoms with Crippen LogP contribution in [0.1, 0.15) is 12.8 Å². The van der Waals surface area contributed by atoms with Crippen LogP contribution in [0.5, 0.6) is 0 Å². The molecule has 2 aliphatic rings. The molecule has 118 valence electrons. The Bertz CT molecular complexity index is 280. The largest absolute Gasteiger partial charge is 0.394 e. The maximum absolute atomic E-state index is 10.0. The van der Waals surface area contributed by atoms with Crippen LogP contribution in [0.3, 0.4) is 0 Å². The van der Waals surface area contributed by atoms with Gasteiger partial charge in [-0.05, 0) is 18.8 Å². The van der Waals surface area contributed by atoms with Crippen molar-refractivity contribution in [2.75, 3.05) is 33.0 Å². The number of rotatable bonds is 11. The molecule has 0 spiro atoms. The third-order valence-electron chi connectivity index (χ3n) is 3.54. The van der Waals surface area contributed by atoms with Gasteiger partial charge in [0.25, 0.3) is 0 Å². The van der Waals surface area contributed by atoms with Crippen molar-refractivity contribution in [1.29, 1.82) is 0 Å². The van der Waals surface area contributed by atoms with Crippen molar-refractivity contribution < 1.29 is 34.6 Å². The van der Waals surface area contributed by atoms with Gasteiger partial charge in [0.1, 0.15) is 30.5 Å². The molecular formula is C13H24O7. The highest BCUT2D eigenvalue weighted by Crippen LogP contribution is 2.29. The van der Waals surface area contributed by atoms with Crippen LogP contribution in [-0.2, 0) is 14.2 Å². The second-order valence-corrected chi connectivity index (χ2v) is 5.54. The smallest absolute Gasteiger partial charge is 0.111 e. The molecule has 4 N–H and O–H groups in total. The lowest BCUT2D eigenvalue weighted by molar-refractivity contribution is -0.148. The lowest BCUT2D eigenvalue weighted by Gasteiger charge is -2.28. The molecule has 0 aromatic heterocycles. The van der Waals surface area contributed by atoms with E-state index in [1.807, 2.05) is 0 Å². The Balaban J connectivity index is 1.77. The Morgan fingerprint density at radius 3 is 2.35 bits per heavy atom. The molecule has 1 saturated carbocycles. The summed E-state index contributed by atoms with van der Waals surface area (Å²) < 4.78 is 16.0. The normalized spacial score (nSPS) is 27.9. The molecule has 5 atom stereocenters. The van der Waals surface area contributed by atoms with Gasteiger partial charge in [0.05, 0.1) is 26.4 Å². The summed E-state index contributed by atoms with van der Waals surface area (Å²) in [5, 5.41) is 37.9. The molecule has 20 heavy (non-hydrogen) atoms. The highest BCUT2D eigenvalue weighted by atomic mass is 16.6. The quantitative estimate of drug-likeness (QED) is 0.335. The summed E-state index contributed by atoms with van der Waals surface area (Å²) in [4.78, 5) is 0. The van der Waals surface area contributed by atoms with E-state index in [0.29, 0.717) is 25.7 Å². The first-order chi connectivity index (χ1) is 9.61. The van der Waals surface area contributed by atoms with Crippen molar-refractivity contribution >= 4 is 0 Å². The van der Waals surface area contributed by atoms with E-state index in [4.69, 9.17) is 19.3 Å². The van der Waals surface area contributed by atoms with Gasteiger partial charge in [0.15, 0.2) is 0 Å². The zero-order valence-electron chi connectivity index (χ0n) is 11.4. The van der Waals surface area contributed by atoms with Crippen molar-refractivity contribution in [2.24, 2.45) is 5.92 Å². The molecule has 1 aliphatic carbocycles. The van der Waals surface area contributed by atoms with Crippen LogP contribution < -0.4 is 0 Å². The maximum Gasteiger partial charge on any atom is 0.111 e. The molecule has 1 saturated heterocycles. The Morgan fingerprint density at radius 1 is 1.10 bits per heavy atom.